The van der Waals surface area contributed by atoms with Crippen molar-refractivity contribution in [3.05, 3.63) is 124 Å². The Hall–Kier alpha value is -2.18. The van der Waals surface area contributed by atoms with E-state index in [4.69, 9.17) is 0 Å². The van der Waals surface area contributed by atoms with Crippen molar-refractivity contribution in [1.82, 2.24) is 0 Å². The van der Waals surface area contributed by atoms with Crippen molar-refractivity contribution in [1.29, 1.82) is 0 Å². The predicted octanol–water partition coefficient (Wildman–Crippen LogP) is 7.90. The maximum absolute atomic E-state index is 3.35. The Kier molecular flexibility index (Phi) is 13.5. The molecule has 1 atom stereocenters. The van der Waals surface area contributed by atoms with Gasteiger partial charge in [0.05, 0.1) is 0 Å². The molecular formula is C49H60Cl2Zr-2. The van der Waals surface area contributed by atoms with Crippen molar-refractivity contribution in [2.45, 2.75) is 114 Å². The van der Waals surface area contributed by atoms with E-state index in [1.54, 1.807) is 0 Å². The zero-order valence-corrected chi connectivity index (χ0v) is 38.2. The molecule has 0 bridgehead atoms. The van der Waals surface area contributed by atoms with Crippen LogP contribution < -0.4 is 24.8 Å². The molecule has 52 heavy (non-hydrogen) atoms. The van der Waals surface area contributed by atoms with Gasteiger partial charge in [0.2, 0.25) is 0 Å². The van der Waals surface area contributed by atoms with Gasteiger partial charge in [-0.1, -0.05) is 150 Å². The zero-order chi connectivity index (χ0) is 37.0. The molecule has 7 rings (SSSR count). The molecule has 3 aliphatic rings. The van der Waals surface area contributed by atoms with Crippen LogP contribution >= 0.6 is 0 Å². The minimum absolute atomic E-state index is 0. The Bertz CT molecular complexity index is 1940. The molecular weight excluding hydrogens is 751 g/mol. The summed E-state index contributed by atoms with van der Waals surface area (Å²) in [5.41, 5.74) is 12.3. The molecule has 0 nitrogen and oxygen atoms in total. The van der Waals surface area contributed by atoms with Gasteiger partial charge in [-0.3, -0.25) is 6.08 Å². The number of benzene rings is 3. The fraction of sp³-hybridized carbons (Fsp3) is 0.429. The third-order valence-electron chi connectivity index (χ3n) is 10.7. The van der Waals surface area contributed by atoms with Crippen LogP contribution in [0.4, 0.5) is 0 Å². The van der Waals surface area contributed by atoms with Crippen LogP contribution in [0.1, 0.15) is 131 Å². The van der Waals surface area contributed by atoms with Crippen LogP contribution in [0, 0.1) is 28.2 Å². The van der Waals surface area contributed by atoms with E-state index in [0.29, 0.717) is 11.3 Å². The standard InChI is InChI=1S/C31H37.C11H17.C7H6.2ClH.Zr/c1-28(2,3)26-16-30(7,8)24-12-18-11-19-13-25-23(15-21(19)20(18)14-22(24)26)27(29(4,5)6)17-31(25,9)10;1-5-9-6-7-10(8-9)11(2,3)4;1-7-5-3-2-4-6-7;;;/h11-17H,1-10H3;7-9H,5H2,1-4H3;1-6H;2*1H;/q2*-1;;;;+2/p-2. The molecule has 0 fully saturated rings. The number of rotatable bonds is 2. The summed E-state index contributed by atoms with van der Waals surface area (Å²) in [6.07, 6.45) is 14.0. The molecule has 0 radical (unpaired) electrons. The van der Waals surface area contributed by atoms with Crippen molar-refractivity contribution in [3.63, 3.8) is 0 Å². The first-order chi connectivity index (χ1) is 23.1. The normalized spacial score (nSPS) is 18.1. The third-order valence-corrected chi connectivity index (χ3v) is 11.5. The van der Waals surface area contributed by atoms with E-state index in [1.165, 1.54) is 96.7 Å². The van der Waals surface area contributed by atoms with E-state index in [9.17, 15) is 0 Å². The summed E-state index contributed by atoms with van der Waals surface area (Å²) < 4.78 is 2.17. The van der Waals surface area contributed by atoms with Gasteiger partial charge in [0.15, 0.2) is 0 Å². The van der Waals surface area contributed by atoms with E-state index in [2.05, 4.69) is 186 Å². The summed E-state index contributed by atoms with van der Waals surface area (Å²) >= 11 is 1.46. The Morgan fingerprint density at radius 3 is 1.44 bits per heavy atom. The third kappa shape index (κ3) is 9.19. The monoisotopic (exact) mass is 808 g/mol. The molecule has 3 heteroatoms. The molecule has 276 valence electrons. The first kappa shape index (κ1) is 44.2. The maximum atomic E-state index is 3.35. The summed E-state index contributed by atoms with van der Waals surface area (Å²) in [6.45, 7) is 32.4. The van der Waals surface area contributed by atoms with Crippen LogP contribution in [0.2, 0.25) is 0 Å². The van der Waals surface area contributed by atoms with Crippen molar-refractivity contribution >= 4 is 36.4 Å². The number of hydrogen-bond donors (Lipinski definition) is 0. The van der Waals surface area contributed by atoms with Gasteiger partial charge in [-0.25, -0.2) is 6.08 Å². The minimum atomic E-state index is 0. The van der Waals surface area contributed by atoms with Crippen molar-refractivity contribution in [2.24, 2.45) is 22.2 Å². The van der Waals surface area contributed by atoms with E-state index in [0.717, 1.165) is 0 Å². The summed E-state index contributed by atoms with van der Waals surface area (Å²) in [5.74, 6) is 0.573. The van der Waals surface area contributed by atoms with Gasteiger partial charge < -0.3 is 24.8 Å². The summed E-state index contributed by atoms with van der Waals surface area (Å²) in [7, 11) is 0. The number of hydrogen-bond acceptors (Lipinski definition) is 0. The van der Waals surface area contributed by atoms with E-state index in [-0.39, 0.29) is 46.5 Å². The molecule has 1 unspecified atom stereocenters. The summed E-state index contributed by atoms with van der Waals surface area (Å²) in [5, 5.41) is 5.58. The topological polar surface area (TPSA) is 0 Å². The van der Waals surface area contributed by atoms with Crippen LogP contribution in [-0.4, -0.2) is 3.71 Å². The van der Waals surface area contributed by atoms with E-state index < -0.39 is 0 Å². The average molecular weight is 811 g/mol. The van der Waals surface area contributed by atoms with Gasteiger partial charge in [-0.05, 0) is 33.1 Å². The second kappa shape index (κ2) is 15.9. The number of allylic oxidation sites excluding steroid dienone is 8. The zero-order valence-electron chi connectivity index (χ0n) is 34.2. The molecule has 0 N–H and O–H groups in total. The molecule has 0 aromatic heterocycles. The molecule has 4 aromatic rings. The number of halogens is 2. The van der Waals surface area contributed by atoms with Gasteiger partial charge in [-0.15, -0.1) is 39.7 Å². The fourth-order valence-electron chi connectivity index (χ4n) is 7.65. The van der Waals surface area contributed by atoms with Gasteiger partial charge in [0, 0.05) is 10.8 Å². The SMILES string of the molecule is CC(C)(C)C1=CC(C)(C)c2cc3[cH-]c4cc5c(cc4c3cc21)C(C(C)(C)C)=CC5(C)C.CCC1[C-]=CC(C(C)(C)C)=C1.[Cl-].[Cl-].[Zr+2]=[CH]c1ccccc1. The predicted molar refractivity (Wildman–Crippen MR) is 219 cm³/mol. The van der Waals surface area contributed by atoms with E-state index in [1.807, 2.05) is 6.07 Å². The molecule has 0 heterocycles. The Morgan fingerprint density at radius 2 is 1.13 bits per heavy atom. The quantitative estimate of drug-likeness (QED) is 0.181. The molecule has 0 spiro atoms. The Balaban J connectivity index is 0.000000286. The van der Waals surface area contributed by atoms with Crippen molar-refractivity contribution in [2.75, 3.05) is 0 Å². The summed E-state index contributed by atoms with van der Waals surface area (Å²) in [6, 6.07) is 22.7. The second-order valence-electron chi connectivity index (χ2n) is 18.9. The molecule has 0 amide bonds. The van der Waals surface area contributed by atoms with Gasteiger partial charge in [0.1, 0.15) is 0 Å². The molecule has 0 aliphatic heterocycles. The van der Waals surface area contributed by atoms with Gasteiger partial charge >= 0.3 is 63.8 Å². The second-order valence-corrected chi connectivity index (χ2v) is 19.6. The van der Waals surface area contributed by atoms with Crippen molar-refractivity contribution < 1.29 is 49.0 Å². The Labute approximate surface area is 343 Å². The van der Waals surface area contributed by atoms with Crippen LogP contribution in [0.3, 0.4) is 0 Å². The van der Waals surface area contributed by atoms with Crippen LogP contribution in [0.5, 0.6) is 0 Å². The van der Waals surface area contributed by atoms with E-state index >= 15 is 0 Å². The van der Waals surface area contributed by atoms with Crippen LogP contribution in [0.25, 0.3) is 32.7 Å². The molecule has 0 saturated carbocycles. The fourth-order valence-corrected chi connectivity index (χ4v) is 8.13. The van der Waals surface area contributed by atoms with Gasteiger partial charge in [-0.2, -0.15) is 11.6 Å². The Morgan fingerprint density at radius 1 is 0.692 bits per heavy atom. The average Bonchev–Trinajstić information content (AvgIpc) is 3.77. The molecule has 0 saturated heterocycles. The van der Waals surface area contributed by atoms with Gasteiger partial charge in [0.25, 0.3) is 0 Å². The number of fused-ring (bicyclic) bond motifs is 5. The first-order valence-electron chi connectivity index (χ1n) is 18.6. The molecule has 4 aromatic carbocycles. The molecule has 3 aliphatic carbocycles. The first-order valence-corrected chi connectivity index (χ1v) is 20.1. The van der Waals surface area contributed by atoms with Crippen LogP contribution in [-0.2, 0) is 35.1 Å². The summed E-state index contributed by atoms with van der Waals surface area (Å²) in [4.78, 5) is 0. The van der Waals surface area contributed by atoms with Crippen LogP contribution in [0.15, 0.2) is 90.5 Å². The van der Waals surface area contributed by atoms with Crippen molar-refractivity contribution in [3.8, 4) is 0 Å².